The van der Waals surface area contributed by atoms with Crippen molar-refractivity contribution in [2.75, 3.05) is 49.7 Å². The van der Waals surface area contributed by atoms with Gasteiger partial charge in [0.05, 0.1) is 12.2 Å². The zero-order valence-corrected chi connectivity index (χ0v) is 22.3. The van der Waals surface area contributed by atoms with Crippen molar-refractivity contribution >= 4 is 40.5 Å². The SMILES string of the molecule is CNc1cccc(Nc2nc(Nc3cccc(C(=O)NC4CN(C)C4)c3)n3ncc(CCCCCO)c3n2)c1. The Morgan fingerprint density at radius 3 is 2.54 bits per heavy atom. The number of hydrogen-bond donors (Lipinski definition) is 5. The van der Waals surface area contributed by atoms with E-state index in [1.54, 1.807) is 10.6 Å². The molecule has 204 valence electrons. The molecule has 2 aromatic carbocycles. The molecule has 5 N–H and O–H groups in total. The first-order chi connectivity index (χ1) is 19.0. The molecule has 0 bridgehead atoms. The molecule has 1 aliphatic rings. The van der Waals surface area contributed by atoms with E-state index in [1.807, 2.05) is 62.8 Å². The van der Waals surface area contributed by atoms with Crippen molar-refractivity contribution in [3.05, 3.63) is 65.9 Å². The van der Waals surface area contributed by atoms with E-state index in [2.05, 4.69) is 31.3 Å². The Morgan fingerprint density at radius 1 is 1.00 bits per heavy atom. The highest BCUT2D eigenvalue weighted by molar-refractivity contribution is 5.95. The molecule has 0 saturated carbocycles. The molecule has 11 nitrogen and oxygen atoms in total. The van der Waals surface area contributed by atoms with Gasteiger partial charge >= 0.3 is 0 Å². The van der Waals surface area contributed by atoms with Crippen LogP contribution >= 0.6 is 0 Å². The van der Waals surface area contributed by atoms with E-state index in [0.29, 0.717) is 23.1 Å². The molecule has 3 heterocycles. The maximum Gasteiger partial charge on any atom is 0.251 e. The molecule has 5 rings (SSSR count). The van der Waals surface area contributed by atoms with Gasteiger partial charge in [-0.25, -0.2) is 0 Å². The van der Waals surface area contributed by atoms with Crippen molar-refractivity contribution < 1.29 is 9.90 Å². The van der Waals surface area contributed by atoms with Crippen LogP contribution in [0.5, 0.6) is 0 Å². The van der Waals surface area contributed by atoms with E-state index in [4.69, 9.17) is 15.1 Å². The summed E-state index contributed by atoms with van der Waals surface area (Å²) in [5.74, 6) is 0.811. The van der Waals surface area contributed by atoms with Gasteiger partial charge in [-0.2, -0.15) is 19.6 Å². The van der Waals surface area contributed by atoms with Crippen LogP contribution in [0.3, 0.4) is 0 Å². The fraction of sp³-hybridized carbons (Fsp3) is 0.357. The highest BCUT2D eigenvalue weighted by Gasteiger charge is 2.25. The number of likely N-dealkylation sites (N-methyl/N-ethyl adjacent to an activating group) is 1. The number of carbonyl (C=O) groups excluding carboxylic acids is 1. The number of benzene rings is 2. The minimum atomic E-state index is -0.0967. The Bertz CT molecular complexity index is 1430. The van der Waals surface area contributed by atoms with E-state index < -0.39 is 0 Å². The number of carbonyl (C=O) groups is 1. The predicted molar refractivity (Wildman–Crippen MR) is 153 cm³/mol. The summed E-state index contributed by atoms with van der Waals surface area (Å²) < 4.78 is 1.69. The van der Waals surface area contributed by atoms with Gasteiger partial charge in [0, 0.05) is 54.9 Å². The smallest absolute Gasteiger partial charge is 0.251 e. The molecule has 0 unspecified atom stereocenters. The molecule has 0 atom stereocenters. The average molecular weight is 530 g/mol. The van der Waals surface area contributed by atoms with Gasteiger partial charge in [0.1, 0.15) is 0 Å². The summed E-state index contributed by atoms with van der Waals surface area (Å²) in [6.45, 7) is 1.91. The number of anilines is 5. The first-order valence-corrected chi connectivity index (χ1v) is 13.3. The quantitative estimate of drug-likeness (QED) is 0.175. The van der Waals surface area contributed by atoms with E-state index in [0.717, 1.165) is 61.4 Å². The second kappa shape index (κ2) is 12.1. The van der Waals surface area contributed by atoms with Crippen LogP contribution in [0.2, 0.25) is 0 Å². The molecule has 11 heteroatoms. The van der Waals surface area contributed by atoms with Gasteiger partial charge in [-0.3, -0.25) is 4.79 Å². The molecule has 1 fully saturated rings. The summed E-state index contributed by atoms with van der Waals surface area (Å²) in [5, 5.41) is 26.6. The Balaban J connectivity index is 1.42. The number of rotatable bonds is 12. The summed E-state index contributed by atoms with van der Waals surface area (Å²) in [6.07, 6.45) is 5.24. The van der Waals surface area contributed by atoms with E-state index in [1.165, 1.54) is 0 Å². The first kappa shape index (κ1) is 26.4. The van der Waals surface area contributed by atoms with Crippen LogP contribution in [0.1, 0.15) is 35.2 Å². The monoisotopic (exact) mass is 529 g/mol. The first-order valence-electron chi connectivity index (χ1n) is 13.3. The summed E-state index contributed by atoms with van der Waals surface area (Å²) >= 11 is 0. The van der Waals surface area contributed by atoms with Gasteiger partial charge in [0.25, 0.3) is 5.91 Å². The molecule has 0 aliphatic carbocycles. The molecule has 4 aromatic rings. The third kappa shape index (κ3) is 6.44. The Hall–Kier alpha value is -4.22. The Labute approximate surface area is 227 Å². The van der Waals surface area contributed by atoms with Gasteiger partial charge in [-0.1, -0.05) is 18.6 Å². The lowest BCUT2D eigenvalue weighted by Crippen LogP contribution is -2.57. The standard InChI is InChI=1S/C28H35N9O2/c1-29-21-10-7-12-23(15-21)32-27-34-25-20(8-4-3-5-13-38)16-30-37(25)28(35-27)33-22-11-6-9-19(14-22)26(39)31-24-17-36(2)18-24/h6-7,9-12,14-16,24,29,38H,3-5,8,13,17-18H2,1-2H3,(H,31,39)(H2,32,33,34,35). The molecule has 0 radical (unpaired) electrons. The number of unbranched alkanes of at least 4 members (excludes halogenated alkanes) is 2. The van der Waals surface area contributed by atoms with Crippen LogP contribution in [-0.2, 0) is 6.42 Å². The summed E-state index contributed by atoms with van der Waals surface area (Å²) in [7, 11) is 3.91. The molecule has 2 aromatic heterocycles. The second-order valence-electron chi connectivity index (χ2n) is 9.86. The number of nitrogens with one attached hydrogen (secondary N) is 4. The zero-order chi connectivity index (χ0) is 27.2. The highest BCUT2D eigenvalue weighted by Crippen LogP contribution is 2.24. The zero-order valence-electron chi connectivity index (χ0n) is 22.3. The van der Waals surface area contributed by atoms with Gasteiger partial charge in [0.2, 0.25) is 11.9 Å². The normalized spacial score (nSPS) is 13.7. The van der Waals surface area contributed by atoms with Crippen LogP contribution < -0.4 is 21.3 Å². The number of nitrogens with zero attached hydrogens (tertiary/aromatic N) is 5. The molecular weight excluding hydrogens is 494 g/mol. The summed E-state index contributed by atoms with van der Waals surface area (Å²) in [4.78, 5) is 24.5. The number of fused-ring (bicyclic) bond motifs is 1. The number of aryl methyl sites for hydroxylation is 1. The lowest BCUT2D eigenvalue weighted by atomic mass is 10.1. The Kier molecular flexibility index (Phi) is 8.18. The van der Waals surface area contributed by atoms with Crippen LogP contribution in [-0.4, -0.2) is 75.3 Å². The van der Waals surface area contributed by atoms with Crippen molar-refractivity contribution in [2.45, 2.75) is 31.7 Å². The third-order valence-electron chi connectivity index (χ3n) is 6.73. The minimum Gasteiger partial charge on any atom is -0.396 e. The number of aliphatic hydroxyl groups is 1. The molecule has 1 aliphatic heterocycles. The van der Waals surface area contributed by atoms with Gasteiger partial charge in [-0.15, -0.1) is 0 Å². The van der Waals surface area contributed by atoms with Crippen molar-refractivity contribution in [3.8, 4) is 0 Å². The fourth-order valence-electron chi connectivity index (χ4n) is 4.65. The number of amides is 1. The van der Waals surface area contributed by atoms with Crippen LogP contribution in [0.15, 0.2) is 54.7 Å². The van der Waals surface area contributed by atoms with Crippen molar-refractivity contribution in [2.24, 2.45) is 0 Å². The Morgan fingerprint density at radius 2 is 1.77 bits per heavy atom. The predicted octanol–water partition coefficient (Wildman–Crippen LogP) is 3.40. The van der Waals surface area contributed by atoms with E-state index >= 15 is 0 Å². The van der Waals surface area contributed by atoms with Crippen molar-refractivity contribution in [3.63, 3.8) is 0 Å². The van der Waals surface area contributed by atoms with Gasteiger partial charge in [-0.05, 0) is 62.7 Å². The van der Waals surface area contributed by atoms with Crippen molar-refractivity contribution in [1.82, 2.24) is 29.8 Å². The van der Waals surface area contributed by atoms with Gasteiger partial charge in [0.15, 0.2) is 5.65 Å². The topological polar surface area (TPSA) is 132 Å². The van der Waals surface area contributed by atoms with Crippen molar-refractivity contribution in [1.29, 1.82) is 0 Å². The lowest BCUT2D eigenvalue weighted by Gasteiger charge is -2.36. The van der Waals surface area contributed by atoms with E-state index in [-0.39, 0.29) is 18.6 Å². The lowest BCUT2D eigenvalue weighted by molar-refractivity contribution is 0.0858. The molecular formula is C28H35N9O2. The molecule has 0 spiro atoms. The van der Waals surface area contributed by atoms with Crippen LogP contribution in [0.25, 0.3) is 5.65 Å². The fourth-order valence-corrected chi connectivity index (χ4v) is 4.65. The summed E-state index contributed by atoms with van der Waals surface area (Å²) in [5.41, 5.74) is 4.82. The average Bonchev–Trinajstić information content (AvgIpc) is 3.33. The van der Waals surface area contributed by atoms with Crippen LogP contribution in [0, 0.1) is 0 Å². The summed E-state index contributed by atoms with van der Waals surface area (Å²) in [6, 6.07) is 15.4. The molecule has 1 saturated heterocycles. The number of aliphatic hydroxyl groups excluding tert-OH is 1. The number of hydrogen-bond acceptors (Lipinski definition) is 9. The number of likely N-dealkylation sites (tertiary alicyclic amines) is 1. The number of aromatic nitrogens is 4. The van der Waals surface area contributed by atoms with E-state index in [9.17, 15) is 4.79 Å². The minimum absolute atomic E-state index is 0.0967. The maximum absolute atomic E-state index is 12.8. The maximum atomic E-state index is 12.8. The third-order valence-corrected chi connectivity index (χ3v) is 6.73. The van der Waals surface area contributed by atoms with Crippen LogP contribution in [0.4, 0.5) is 29.0 Å². The highest BCUT2D eigenvalue weighted by atomic mass is 16.3. The van der Waals surface area contributed by atoms with Gasteiger partial charge < -0.3 is 31.3 Å². The largest absolute Gasteiger partial charge is 0.396 e. The molecule has 1 amide bonds. The second-order valence-corrected chi connectivity index (χ2v) is 9.86. The molecule has 39 heavy (non-hydrogen) atoms.